The molecule has 2 rings (SSSR count). The maximum Gasteiger partial charge on any atom is 0.317 e. The number of hydrogen-bond acceptors (Lipinski definition) is 4. The molecule has 6 heteroatoms. The lowest BCUT2D eigenvalue weighted by Crippen LogP contribution is -2.53. The molecule has 0 aromatic heterocycles. The van der Waals surface area contributed by atoms with Crippen molar-refractivity contribution in [1.29, 1.82) is 0 Å². The molecule has 126 valence electrons. The molecule has 5 nitrogen and oxygen atoms in total. The van der Waals surface area contributed by atoms with Crippen LogP contribution >= 0.6 is 12.2 Å². The van der Waals surface area contributed by atoms with Crippen molar-refractivity contribution in [3.05, 3.63) is 35.9 Å². The van der Waals surface area contributed by atoms with Crippen LogP contribution in [0.25, 0.3) is 0 Å². The molecule has 0 aliphatic carbocycles. The van der Waals surface area contributed by atoms with Crippen LogP contribution in [0.1, 0.15) is 12.5 Å². The van der Waals surface area contributed by atoms with E-state index in [0.29, 0.717) is 11.7 Å². The zero-order chi connectivity index (χ0) is 16.7. The maximum atomic E-state index is 12.5. The second-order valence-corrected chi connectivity index (χ2v) is 6.50. The largest absolute Gasteiger partial charge is 0.485 e. The first-order chi connectivity index (χ1) is 11.0. The SMILES string of the molecule is CC(=S)OCC(Cc1ccccc1)NC(=O)N1CCN(C)CC1. The average molecular weight is 335 g/mol. The van der Waals surface area contributed by atoms with Crippen molar-refractivity contribution >= 4 is 23.3 Å². The molecule has 1 fully saturated rings. The lowest BCUT2D eigenvalue weighted by atomic mass is 10.1. The van der Waals surface area contributed by atoms with Crippen molar-refractivity contribution in [3.63, 3.8) is 0 Å². The van der Waals surface area contributed by atoms with Gasteiger partial charge in [-0.15, -0.1) is 0 Å². The predicted molar refractivity (Wildman–Crippen MR) is 95.8 cm³/mol. The van der Waals surface area contributed by atoms with Crippen LogP contribution in [0, 0.1) is 0 Å². The number of rotatable bonds is 5. The predicted octanol–water partition coefficient (Wildman–Crippen LogP) is 1.92. The summed E-state index contributed by atoms with van der Waals surface area (Å²) in [4.78, 5) is 16.5. The first kappa shape index (κ1) is 17.7. The number of hydrogen-bond donors (Lipinski definition) is 1. The van der Waals surface area contributed by atoms with Crippen LogP contribution in [0.5, 0.6) is 0 Å². The third-order valence-corrected chi connectivity index (χ3v) is 4.05. The van der Waals surface area contributed by atoms with E-state index in [1.54, 1.807) is 6.92 Å². The number of amides is 2. The fourth-order valence-corrected chi connectivity index (χ4v) is 2.61. The smallest absolute Gasteiger partial charge is 0.317 e. The van der Waals surface area contributed by atoms with Crippen molar-refractivity contribution in [2.45, 2.75) is 19.4 Å². The molecule has 1 atom stereocenters. The summed E-state index contributed by atoms with van der Waals surface area (Å²) in [6.07, 6.45) is 0.725. The Labute approximate surface area is 143 Å². The number of ether oxygens (including phenoxy) is 1. The second-order valence-electron chi connectivity index (χ2n) is 5.93. The molecular weight excluding hydrogens is 310 g/mol. The Morgan fingerprint density at radius 2 is 1.91 bits per heavy atom. The van der Waals surface area contributed by atoms with Gasteiger partial charge in [0.2, 0.25) is 0 Å². The van der Waals surface area contributed by atoms with Crippen LogP contribution in [0.3, 0.4) is 0 Å². The molecule has 0 saturated carbocycles. The highest BCUT2D eigenvalue weighted by Gasteiger charge is 2.22. The third kappa shape index (κ3) is 6.15. The van der Waals surface area contributed by atoms with Crippen molar-refractivity contribution < 1.29 is 9.53 Å². The van der Waals surface area contributed by atoms with E-state index in [9.17, 15) is 4.79 Å². The minimum Gasteiger partial charge on any atom is -0.485 e. The Bertz CT molecular complexity index is 516. The standard InChI is InChI=1S/C17H25N3O2S/c1-14(23)22-13-16(12-15-6-4-3-5-7-15)18-17(21)20-10-8-19(2)9-11-20/h3-7,16H,8-13H2,1-2H3,(H,18,21). The number of carbonyl (C=O) groups is 1. The normalized spacial score (nSPS) is 16.7. The lowest BCUT2D eigenvalue weighted by Gasteiger charge is -2.33. The molecule has 0 spiro atoms. The van der Waals surface area contributed by atoms with E-state index in [0.717, 1.165) is 32.6 Å². The number of nitrogens with one attached hydrogen (secondary N) is 1. The fraction of sp³-hybridized carbons (Fsp3) is 0.529. The van der Waals surface area contributed by atoms with Gasteiger partial charge in [-0.25, -0.2) is 4.79 Å². The molecule has 23 heavy (non-hydrogen) atoms. The number of likely N-dealkylation sites (N-methyl/N-ethyl adjacent to an activating group) is 1. The summed E-state index contributed by atoms with van der Waals surface area (Å²) in [5.41, 5.74) is 1.17. The van der Waals surface area contributed by atoms with Crippen LogP contribution < -0.4 is 5.32 Å². The summed E-state index contributed by atoms with van der Waals surface area (Å²) in [5.74, 6) is 0. The Kier molecular flexibility index (Phi) is 6.80. The molecule has 0 radical (unpaired) electrons. The molecule has 1 N–H and O–H groups in total. The van der Waals surface area contributed by atoms with E-state index < -0.39 is 0 Å². The van der Waals surface area contributed by atoms with Crippen LogP contribution in [-0.2, 0) is 11.2 Å². The van der Waals surface area contributed by atoms with Crippen LogP contribution in [0.2, 0.25) is 0 Å². The molecular formula is C17H25N3O2S. The van der Waals surface area contributed by atoms with Crippen molar-refractivity contribution in [1.82, 2.24) is 15.1 Å². The van der Waals surface area contributed by atoms with Crippen LogP contribution in [0.4, 0.5) is 4.79 Å². The third-order valence-electron chi connectivity index (χ3n) is 3.93. The highest BCUT2D eigenvalue weighted by atomic mass is 32.1. The van der Waals surface area contributed by atoms with Gasteiger partial charge in [0.1, 0.15) is 6.61 Å². The highest BCUT2D eigenvalue weighted by Crippen LogP contribution is 2.06. The van der Waals surface area contributed by atoms with E-state index in [4.69, 9.17) is 17.0 Å². The first-order valence-electron chi connectivity index (χ1n) is 7.96. The van der Waals surface area contributed by atoms with Gasteiger partial charge in [0.15, 0.2) is 5.05 Å². The van der Waals surface area contributed by atoms with Gasteiger partial charge in [-0.3, -0.25) is 0 Å². The Morgan fingerprint density at radius 1 is 1.26 bits per heavy atom. The van der Waals surface area contributed by atoms with E-state index in [1.807, 2.05) is 23.1 Å². The van der Waals surface area contributed by atoms with Crippen molar-refractivity contribution in [2.75, 3.05) is 39.8 Å². The quantitative estimate of drug-likeness (QED) is 0.835. The van der Waals surface area contributed by atoms with E-state index in [1.165, 1.54) is 5.56 Å². The number of nitrogens with zero attached hydrogens (tertiary/aromatic N) is 2. The number of benzene rings is 1. The monoisotopic (exact) mass is 335 g/mol. The minimum absolute atomic E-state index is 0.0235. The first-order valence-corrected chi connectivity index (χ1v) is 8.36. The molecule has 0 bridgehead atoms. The van der Waals surface area contributed by atoms with E-state index >= 15 is 0 Å². The van der Waals surface area contributed by atoms with E-state index in [2.05, 4.69) is 29.4 Å². The van der Waals surface area contributed by atoms with Gasteiger partial charge in [-0.05, 0) is 31.2 Å². The minimum atomic E-state index is -0.0949. The maximum absolute atomic E-state index is 12.5. The molecule has 1 unspecified atom stereocenters. The summed E-state index contributed by atoms with van der Waals surface area (Å²) in [6.45, 7) is 5.47. The summed E-state index contributed by atoms with van der Waals surface area (Å²) in [7, 11) is 2.07. The van der Waals surface area contributed by atoms with Crippen molar-refractivity contribution in [2.24, 2.45) is 0 Å². The Hall–Kier alpha value is -1.66. The molecule has 2 amide bonds. The second kappa shape index (κ2) is 8.84. The molecule has 1 aliphatic rings. The molecule has 1 saturated heterocycles. The zero-order valence-electron chi connectivity index (χ0n) is 13.8. The number of thiocarbonyl (C=S) groups is 1. The number of urea groups is 1. The van der Waals surface area contributed by atoms with E-state index in [-0.39, 0.29) is 12.1 Å². The summed E-state index contributed by atoms with van der Waals surface area (Å²) < 4.78 is 5.47. The summed E-state index contributed by atoms with van der Waals surface area (Å²) >= 11 is 4.98. The number of piperazine rings is 1. The van der Waals surface area contributed by atoms with Gasteiger partial charge < -0.3 is 19.9 Å². The van der Waals surface area contributed by atoms with Crippen molar-refractivity contribution in [3.8, 4) is 0 Å². The average Bonchev–Trinajstić information content (AvgIpc) is 2.54. The number of carbonyl (C=O) groups excluding carboxylic acids is 1. The molecule has 1 heterocycles. The highest BCUT2D eigenvalue weighted by molar-refractivity contribution is 7.80. The summed E-state index contributed by atoms with van der Waals surface area (Å²) in [6, 6.07) is 9.98. The fourth-order valence-electron chi connectivity index (χ4n) is 2.54. The van der Waals surface area contributed by atoms with Crippen LogP contribution in [0.15, 0.2) is 30.3 Å². The van der Waals surface area contributed by atoms with Gasteiger partial charge in [0, 0.05) is 33.1 Å². The van der Waals surface area contributed by atoms with Gasteiger partial charge in [-0.1, -0.05) is 30.3 Å². The Balaban J connectivity index is 1.93. The van der Waals surface area contributed by atoms with Gasteiger partial charge in [0.25, 0.3) is 0 Å². The van der Waals surface area contributed by atoms with Gasteiger partial charge in [0.05, 0.1) is 6.04 Å². The summed E-state index contributed by atoms with van der Waals surface area (Å²) in [5, 5.41) is 3.59. The topological polar surface area (TPSA) is 44.8 Å². The van der Waals surface area contributed by atoms with Gasteiger partial charge >= 0.3 is 6.03 Å². The Morgan fingerprint density at radius 3 is 2.52 bits per heavy atom. The van der Waals surface area contributed by atoms with Gasteiger partial charge in [-0.2, -0.15) is 0 Å². The molecule has 1 aromatic rings. The molecule has 1 aromatic carbocycles. The zero-order valence-corrected chi connectivity index (χ0v) is 14.6. The lowest BCUT2D eigenvalue weighted by molar-refractivity contribution is 0.147. The van der Waals surface area contributed by atoms with Crippen LogP contribution in [-0.4, -0.2) is 66.8 Å². The molecule has 1 aliphatic heterocycles.